The molecule has 2 rings (SSSR count). The van der Waals surface area contributed by atoms with Crippen LogP contribution in [0.25, 0.3) is 0 Å². The average molecular weight is 228 g/mol. The molecule has 0 aliphatic carbocycles. The van der Waals surface area contributed by atoms with E-state index in [4.69, 9.17) is 16.3 Å². The fourth-order valence-corrected chi connectivity index (χ4v) is 1.73. The lowest BCUT2D eigenvalue weighted by Crippen LogP contribution is -2.37. The number of ether oxygens (including phenoxy) is 1. The molecule has 82 valence electrons. The van der Waals surface area contributed by atoms with Crippen molar-refractivity contribution in [3.05, 3.63) is 17.5 Å². The number of rotatable bonds is 2. The molecule has 5 heteroatoms. The van der Waals surface area contributed by atoms with Gasteiger partial charge in [-0.3, -0.25) is 0 Å². The van der Waals surface area contributed by atoms with Gasteiger partial charge in [-0.05, 0) is 13.0 Å². The SMILES string of the molecule is Cc1cc(CCl)nc(N2CCOCC2)n1. The molecule has 1 saturated heterocycles. The molecule has 0 unspecified atom stereocenters. The molecule has 0 atom stereocenters. The smallest absolute Gasteiger partial charge is 0.225 e. The standard InChI is InChI=1S/C10H14ClN3O/c1-8-6-9(7-11)13-10(12-8)14-2-4-15-5-3-14/h6H,2-5,7H2,1H3. The largest absolute Gasteiger partial charge is 0.378 e. The van der Waals surface area contributed by atoms with Crippen molar-refractivity contribution in [1.82, 2.24) is 9.97 Å². The average Bonchev–Trinajstić information content (AvgIpc) is 2.29. The predicted octanol–water partition coefficient (Wildman–Crippen LogP) is 1.36. The minimum atomic E-state index is 0.431. The van der Waals surface area contributed by atoms with Gasteiger partial charge in [0.2, 0.25) is 5.95 Å². The zero-order valence-electron chi connectivity index (χ0n) is 8.74. The van der Waals surface area contributed by atoms with E-state index in [2.05, 4.69) is 14.9 Å². The van der Waals surface area contributed by atoms with Crippen LogP contribution in [0.1, 0.15) is 11.4 Å². The molecule has 1 fully saturated rings. The number of morpholine rings is 1. The molecule has 15 heavy (non-hydrogen) atoms. The van der Waals surface area contributed by atoms with E-state index in [-0.39, 0.29) is 0 Å². The van der Waals surface area contributed by atoms with E-state index in [0.29, 0.717) is 5.88 Å². The number of hydrogen-bond acceptors (Lipinski definition) is 4. The van der Waals surface area contributed by atoms with Gasteiger partial charge in [-0.2, -0.15) is 0 Å². The second-order valence-corrected chi connectivity index (χ2v) is 3.80. The zero-order valence-corrected chi connectivity index (χ0v) is 9.50. The van der Waals surface area contributed by atoms with Crippen LogP contribution in [0.15, 0.2) is 6.07 Å². The van der Waals surface area contributed by atoms with Gasteiger partial charge in [-0.25, -0.2) is 9.97 Å². The summed E-state index contributed by atoms with van der Waals surface area (Å²) in [4.78, 5) is 10.9. The van der Waals surface area contributed by atoms with Crippen LogP contribution in [0.2, 0.25) is 0 Å². The van der Waals surface area contributed by atoms with E-state index >= 15 is 0 Å². The molecule has 0 spiro atoms. The maximum Gasteiger partial charge on any atom is 0.225 e. The van der Waals surface area contributed by atoms with Crippen LogP contribution in [0.3, 0.4) is 0 Å². The summed E-state index contributed by atoms with van der Waals surface area (Å²) in [6, 6.07) is 1.91. The van der Waals surface area contributed by atoms with Crippen LogP contribution < -0.4 is 4.90 Å². The first-order chi connectivity index (χ1) is 7.29. The van der Waals surface area contributed by atoms with E-state index in [1.807, 2.05) is 13.0 Å². The second kappa shape index (κ2) is 4.77. The van der Waals surface area contributed by atoms with Crippen molar-refractivity contribution in [3.63, 3.8) is 0 Å². The van der Waals surface area contributed by atoms with Gasteiger partial charge in [0, 0.05) is 18.8 Å². The highest BCUT2D eigenvalue weighted by molar-refractivity contribution is 6.16. The minimum Gasteiger partial charge on any atom is -0.378 e. The van der Waals surface area contributed by atoms with Crippen LogP contribution >= 0.6 is 11.6 Å². The Balaban J connectivity index is 2.22. The van der Waals surface area contributed by atoms with Crippen molar-refractivity contribution < 1.29 is 4.74 Å². The zero-order chi connectivity index (χ0) is 10.7. The Morgan fingerprint density at radius 1 is 1.40 bits per heavy atom. The normalized spacial score (nSPS) is 16.8. The molecular weight excluding hydrogens is 214 g/mol. The third-order valence-electron chi connectivity index (χ3n) is 2.33. The first kappa shape index (κ1) is 10.6. The highest BCUT2D eigenvalue weighted by Crippen LogP contribution is 2.13. The number of nitrogens with zero attached hydrogens (tertiary/aromatic N) is 3. The van der Waals surface area contributed by atoms with Crippen molar-refractivity contribution in [3.8, 4) is 0 Å². The topological polar surface area (TPSA) is 38.2 Å². The number of aromatic nitrogens is 2. The van der Waals surface area contributed by atoms with Crippen LogP contribution in [-0.4, -0.2) is 36.3 Å². The molecule has 0 N–H and O–H groups in total. The Labute approximate surface area is 94.2 Å². The molecule has 2 heterocycles. The van der Waals surface area contributed by atoms with E-state index in [1.165, 1.54) is 0 Å². The van der Waals surface area contributed by atoms with Crippen LogP contribution in [-0.2, 0) is 10.6 Å². The van der Waals surface area contributed by atoms with Gasteiger partial charge in [-0.1, -0.05) is 0 Å². The molecule has 0 saturated carbocycles. The van der Waals surface area contributed by atoms with Crippen molar-refractivity contribution in [2.24, 2.45) is 0 Å². The third kappa shape index (κ3) is 2.58. The van der Waals surface area contributed by atoms with Gasteiger partial charge < -0.3 is 9.64 Å². The monoisotopic (exact) mass is 227 g/mol. The number of alkyl halides is 1. The summed E-state index contributed by atoms with van der Waals surface area (Å²) in [6.45, 7) is 5.15. The number of anilines is 1. The minimum absolute atomic E-state index is 0.431. The first-order valence-corrected chi connectivity index (χ1v) is 5.56. The highest BCUT2D eigenvalue weighted by atomic mass is 35.5. The Morgan fingerprint density at radius 2 is 2.13 bits per heavy atom. The maximum absolute atomic E-state index is 5.78. The van der Waals surface area contributed by atoms with Crippen molar-refractivity contribution >= 4 is 17.5 Å². The molecule has 0 bridgehead atoms. The van der Waals surface area contributed by atoms with E-state index in [9.17, 15) is 0 Å². The molecule has 4 nitrogen and oxygen atoms in total. The van der Waals surface area contributed by atoms with E-state index in [0.717, 1.165) is 43.6 Å². The molecule has 0 amide bonds. The summed E-state index contributed by atoms with van der Waals surface area (Å²) in [6.07, 6.45) is 0. The van der Waals surface area contributed by atoms with Gasteiger partial charge in [0.1, 0.15) is 0 Å². The summed E-state index contributed by atoms with van der Waals surface area (Å²) in [7, 11) is 0. The maximum atomic E-state index is 5.78. The third-order valence-corrected chi connectivity index (χ3v) is 2.60. The van der Waals surface area contributed by atoms with Crippen LogP contribution in [0.5, 0.6) is 0 Å². The summed E-state index contributed by atoms with van der Waals surface area (Å²) in [5, 5.41) is 0. The van der Waals surface area contributed by atoms with E-state index in [1.54, 1.807) is 0 Å². The second-order valence-electron chi connectivity index (χ2n) is 3.53. The first-order valence-electron chi connectivity index (χ1n) is 5.03. The summed E-state index contributed by atoms with van der Waals surface area (Å²) in [5.74, 6) is 1.20. The summed E-state index contributed by atoms with van der Waals surface area (Å²) >= 11 is 5.78. The van der Waals surface area contributed by atoms with Crippen LogP contribution in [0.4, 0.5) is 5.95 Å². The fraction of sp³-hybridized carbons (Fsp3) is 0.600. The lowest BCUT2D eigenvalue weighted by atomic mass is 10.3. The van der Waals surface area contributed by atoms with Gasteiger partial charge in [0.15, 0.2) is 0 Å². The number of hydrogen-bond donors (Lipinski definition) is 0. The van der Waals surface area contributed by atoms with Crippen LogP contribution in [0, 0.1) is 6.92 Å². The quantitative estimate of drug-likeness (QED) is 0.716. The molecule has 1 aliphatic rings. The number of halogens is 1. The molecular formula is C10H14ClN3O. The van der Waals surface area contributed by atoms with E-state index < -0.39 is 0 Å². The Hall–Kier alpha value is -0.870. The van der Waals surface area contributed by atoms with Crippen molar-refractivity contribution in [1.29, 1.82) is 0 Å². The summed E-state index contributed by atoms with van der Waals surface area (Å²) in [5.41, 5.74) is 1.84. The molecule has 1 aromatic rings. The van der Waals surface area contributed by atoms with Gasteiger partial charge in [0.25, 0.3) is 0 Å². The molecule has 0 radical (unpaired) electrons. The van der Waals surface area contributed by atoms with Gasteiger partial charge in [0.05, 0.1) is 24.8 Å². The highest BCUT2D eigenvalue weighted by Gasteiger charge is 2.14. The predicted molar refractivity (Wildman–Crippen MR) is 59.4 cm³/mol. The van der Waals surface area contributed by atoms with Crippen molar-refractivity contribution in [2.75, 3.05) is 31.2 Å². The Morgan fingerprint density at radius 3 is 2.80 bits per heavy atom. The van der Waals surface area contributed by atoms with Gasteiger partial charge >= 0.3 is 0 Å². The van der Waals surface area contributed by atoms with Crippen molar-refractivity contribution in [2.45, 2.75) is 12.8 Å². The molecule has 0 aromatic carbocycles. The Kier molecular flexibility index (Phi) is 3.38. The van der Waals surface area contributed by atoms with Gasteiger partial charge in [-0.15, -0.1) is 11.6 Å². The fourth-order valence-electron chi connectivity index (χ4n) is 1.59. The Bertz CT molecular complexity index is 339. The lowest BCUT2D eigenvalue weighted by molar-refractivity contribution is 0.122. The lowest BCUT2D eigenvalue weighted by Gasteiger charge is -2.27. The molecule has 1 aromatic heterocycles. The summed E-state index contributed by atoms with van der Waals surface area (Å²) < 4.78 is 5.28. The molecule has 1 aliphatic heterocycles. The number of aryl methyl sites for hydroxylation is 1.